The Morgan fingerprint density at radius 3 is 1.69 bits per heavy atom. The number of likely N-dealkylation sites (N-methyl/N-ethyl adjacent to an activating group) is 1. The number of hydrogen-bond donors (Lipinski definition) is 1. The molecule has 5 nitrogen and oxygen atoms in total. The van der Waals surface area contributed by atoms with Crippen LogP contribution in [0.15, 0.2) is 24.3 Å². The van der Waals surface area contributed by atoms with E-state index < -0.39 is 13.9 Å². The van der Waals surface area contributed by atoms with E-state index in [0.717, 1.165) is 19.3 Å². The number of rotatable bonds is 22. The van der Waals surface area contributed by atoms with Crippen LogP contribution in [0.2, 0.25) is 0 Å². The van der Waals surface area contributed by atoms with Crippen LogP contribution in [0.3, 0.4) is 0 Å². The number of quaternary nitrogens is 1. The zero-order valence-electron chi connectivity index (χ0n) is 21.5. The summed E-state index contributed by atoms with van der Waals surface area (Å²) in [5, 5.41) is 0. The van der Waals surface area contributed by atoms with Crippen LogP contribution in [0.1, 0.15) is 110 Å². The van der Waals surface area contributed by atoms with Gasteiger partial charge in [-0.05, 0) is 38.5 Å². The zero-order chi connectivity index (χ0) is 24.1. The topological polar surface area (TPSA) is 69.6 Å². The minimum Gasteiger partial charge on any atom is -0.756 e. The van der Waals surface area contributed by atoms with Gasteiger partial charge in [-0.15, -0.1) is 0 Å². The molecule has 0 amide bonds. The Morgan fingerprint density at radius 2 is 1.22 bits per heavy atom. The summed E-state index contributed by atoms with van der Waals surface area (Å²) in [6.45, 7) is 2.80. The van der Waals surface area contributed by atoms with E-state index >= 15 is 0 Å². The highest BCUT2D eigenvalue weighted by atomic mass is 31.2. The molecule has 0 rings (SSSR count). The highest BCUT2D eigenvalue weighted by Gasteiger charge is 2.21. The molecule has 0 heterocycles. The van der Waals surface area contributed by atoms with Crippen LogP contribution in [0.25, 0.3) is 0 Å². The van der Waals surface area contributed by atoms with Crippen LogP contribution in [0.5, 0.6) is 0 Å². The Bertz CT molecular complexity index is 522. The van der Waals surface area contributed by atoms with Crippen molar-refractivity contribution in [2.45, 2.75) is 116 Å². The molecule has 32 heavy (non-hydrogen) atoms. The molecule has 0 aliphatic heterocycles. The third kappa shape index (κ3) is 25.8. The smallest absolute Gasteiger partial charge is 0.265 e. The summed E-state index contributed by atoms with van der Waals surface area (Å²) in [4.78, 5) is 20.0. The highest BCUT2D eigenvalue weighted by Crippen LogP contribution is 2.34. The van der Waals surface area contributed by atoms with Gasteiger partial charge in [-0.3, -0.25) is 4.57 Å². The lowest BCUT2D eigenvalue weighted by atomic mass is 10.1. The Labute approximate surface area is 199 Å². The maximum Gasteiger partial charge on any atom is 0.265 e. The minimum absolute atomic E-state index is 0.501. The third-order valence-corrected chi connectivity index (χ3v) is 6.06. The first-order valence-corrected chi connectivity index (χ1v) is 14.5. The molecule has 0 aromatic carbocycles. The molecule has 2 unspecified atom stereocenters. The average Bonchev–Trinajstić information content (AvgIpc) is 2.67. The Balaban J connectivity index is 3.64. The number of unbranched alkanes of at least 4 members (excludes halogenated alkanes) is 12. The van der Waals surface area contributed by atoms with Crippen molar-refractivity contribution in [3.05, 3.63) is 24.3 Å². The van der Waals surface area contributed by atoms with E-state index in [9.17, 15) is 9.46 Å². The van der Waals surface area contributed by atoms with Crippen molar-refractivity contribution < 1.29 is 23.4 Å². The van der Waals surface area contributed by atoms with Gasteiger partial charge in [-0.25, -0.2) is 0 Å². The predicted molar refractivity (Wildman–Crippen MR) is 135 cm³/mol. The molecule has 190 valence electrons. The highest BCUT2D eigenvalue weighted by molar-refractivity contribution is 7.44. The molecule has 0 fully saturated rings. The monoisotopic (exact) mass is 473 g/mol. The van der Waals surface area contributed by atoms with Gasteiger partial charge in [0, 0.05) is 0 Å². The van der Waals surface area contributed by atoms with Gasteiger partial charge < -0.3 is 18.8 Å². The molecule has 0 aliphatic carbocycles. The summed E-state index contributed by atoms with van der Waals surface area (Å²) in [6.07, 6.45) is 28.1. The summed E-state index contributed by atoms with van der Waals surface area (Å²) in [5.74, 6) is 0. The second-order valence-corrected chi connectivity index (χ2v) is 11.2. The van der Waals surface area contributed by atoms with Crippen molar-refractivity contribution in [3.8, 4) is 0 Å². The Morgan fingerprint density at radius 1 is 0.781 bits per heavy atom. The fourth-order valence-electron chi connectivity index (χ4n) is 3.85. The van der Waals surface area contributed by atoms with Gasteiger partial charge in [0.1, 0.15) is 12.6 Å². The number of phosphoric ester groups is 1. The van der Waals surface area contributed by atoms with Crippen LogP contribution in [0, 0.1) is 0 Å². The van der Waals surface area contributed by atoms with Gasteiger partial charge in [-0.1, -0.05) is 95.4 Å². The SMILES string of the molecule is CCCCCCCCCCCCC/C=C\CC/C=C\CCC(C[N+](C)(C)C)OP(=O)([O-])O. The second kappa shape index (κ2) is 20.0. The van der Waals surface area contributed by atoms with Gasteiger partial charge in [0.2, 0.25) is 0 Å². The summed E-state index contributed by atoms with van der Waals surface area (Å²) in [5.41, 5.74) is 0. The fourth-order valence-corrected chi connectivity index (χ4v) is 4.40. The number of allylic oxidation sites excluding steroid dienone is 4. The van der Waals surface area contributed by atoms with E-state index in [4.69, 9.17) is 9.42 Å². The number of hydrogen-bond acceptors (Lipinski definition) is 3. The van der Waals surface area contributed by atoms with Crippen LogP contribution >= 0.6 is 7.82 Å². The average molecular weight is 474 g/mol. The fraction of sp³-hybridized carbons (Fsp3) is 0.846. The van der Waals surface area contributed by atoms with Crippen molar-refractivity contribution in [1.29, 1.82) is 0 Å². The molecule has 0 bridgehead atoms. The quantitative estimate of drug-likeness (QED) is 0.0802. The van der Waals surface area contributed by atoms with Crippen LogP contribution in [0.4, 0.5) is 0 Å². The van der Waals surface area contributed by atoms with Crippen molar-refractivity contribution in [2.24, 2.45) is 0 Å². The van der Waals surface area contributed by atoms with E-state index in [2.05, 4.69) is 31.2 Å². The van der Waals surface area contributed by atoms with Crippen molar-refractivity contribution in [2.75, 3.05) is 27.7 Å². The van der Waals surface area contributed by atoms with E-state index in [-0.39, 0.29) is 0 Å². The van der Waals surface area contributed by atoms with Crippen LogP contribution < -0.4 is 4.89 Å². The maximum atomic E-state index is 11.1. The molecule has 0 aliphatic rings. The minimum atomic E-state index is -4.70. The van der Waals surface area contributed by atoms with Crippen molar-refractivity contribution in [3.63, 3.8) is 0 Å². The van der Waals surface area contributed by atoms with Crippen molar-refractivity contribution in [1.82, 2.24) is 0 Å². The zero-order valence-corrected chi connectivity index (χ0v) is 22.4. The third-order valence-electron chi connectivity index (χ3n) is 5.50. The van der Waals surface area contributed by atoms with Crippen LogP contribution in [-0.2, 0) is 9.09 Å². The predicted octanol–water partition coefficient (Wildman–Crippen LogP) is 6.91. The summed E-state index contributed by atoms with van der Waals surface area (Å²) >= 11 is 0. The van der Waals surface area contributed by atoms with Gasteiger partial charge in [0.05, 0.1) is 21.1 Å². The molecular formula is C26H52NO4P. The summed E-state index contributed by atoms with van der Waals surface area (Å²) in [7, 11) is 1.23. The molecule has 0 saturated heterocycles. The standard InChI is InChI=1S/C26H52NO4P/c1-5-6-7-8-9-10-11-12-13-14-15-16-17-18-19-20-21-22-23-24-26(25-27(2,3)4)31-32(28,29)30/h17-18,21-22,26H,5-16,19-20,23-25H2,1-4H3,(H-,28,29,30)/b18-17-,22-21-. The largest absolute Gasteiger partial charge is 0.756 e. The lowest BCUT2D eigenvalue weighted by Crippen LogP contribution is -2.42. The Hall–Kier alpha value is -0.450. The van der Waals surface area contributed by atoms with E-state index in [1.54, 1.807) is 0 Å². The molecular weight excluding hydrogens is 421 g/mol. The van der Waals surface area contributed by atoms with E-state index in [0.29, 0.717) is 17.4 Å². The lowest BCUT2D eigenvalue weighted by molar-refractivity contribution is -0.873. The summed E-state index contributed by atoms with van der Waals surface area (Å²) in [6, 6.07) is 0. The van der Waals surface area contributed by atoms with Gasteiger partial charge >= 0.3 is 0 Å². The Kier molecular flexibility index (Phi) is 19.7. The first kappa shape index (κ1) is 31.6. The molecule has 0 saturated carbocycles. The molecule has 6 heteroatoms. The van der Waals surface area contributed by atoms with E-state index in [1.807, 2.05) is 21.1 Å². The molecule has 0 spiro atoms. The first-order chi connectivity index (χ1) is 15.1. The molecule has 1 N–H and O–H groups in total. The van der Waals surface area contributed by atoms with E-state index in [1.165, 1.54) is 77.0 Å². The molecule has 0 radical (unpaired) electrons. The summed E-state index contributed by atoms with van der Waals surface area (Å²) < 4.78 is 16.5. The van der Waals surface area contributed by atoms with Gasteiger partial charge in [-0.2, -0.15) is 0 Å². The number of nitrogens with zero attached hydrogens (tertiary/aromatic N) is 1. The maximum absolute atomic E-state index is 11.1. The molecule has 0 aromatic rings. The second-order valence-electron chi connectivity index (χ2n) is 10.1. The van der Waals surface area contributed by atoms with Crippen LogP contribution in [-0.4, -0.2) is 43.2 Å². The van der Waals surface area contributed by atoms with Gasteiger partial charge in [0.15, 0.2) is 0 Å². The normalized spacial score (nSPS) is 15.6. The molecule has 2 atom stereocenters. The van der Waals surface area contributed by atoms with Crippen molar-refractivity contribution >= 4 is 7.82 Å². The van der Waals surface area contributed by atoms with Gasteiger partial charge in [0.25, 0.3) is 7.82 Å². The molecule has 0 aromatic heterocycles. The first-order valence-electron chi connectivity index (χ1n) is 13.0. The number of phosphoric acid groups is 1. The lowest BCUT2D eigenvalue weighted by Gasteiger charge is -2.31.